The van der Waals surface area contributed by atoms with Crippen LogP contribution >= 0.6 is 11.6 Å². The van der Waals surface area contributed by atoms with Gasteiger partial charge in [-0.25, -0.2) is 9.07 Å². The van der Waals surface area contributed by atoms with Gasteiger partial charge in [-0.05, 0) is 36.8 Å². The van der Waals surface area contributed by atoms with Crippen LogP contribution in [-0.4, -0.2) is 15.7 Å². The van der Waals surface area contributed by atoms with E-state index in [4.69, 9.17) is 11.6 Å². The van der Waals surface area contributed by atoms with Crippen LogP contribution in [0.3, 0.4) is 0 Å². The third-order valence-corrected chi connectivity index (χ3v) is 4.30. The van der Waals surface area contributed by atoms with Crippen LogP contribution in [0.15, 0.2) is 52.1 Å². The van der Waals surface area contributed by atoms with E-state index in [-0.39, 0.29) is 22.3 Å². The fraction of sp³-hybridized carbons (Fsp3) is 0.167. The second-order valence-electron chi connectivity index (χ2n) is 5.84. The van der Waals surface area contributed by atoms with E-state index in [0.717, 1.165) is 4.68 Å². The number of hydrogen-bond donors (Lipinski definition) is 2. The lowest BCUT2D eigenvalue weighted by Gasteiger charge is -2.15. The van der Waals surface area contributed by atoms with Crippen molar-refractivity contribution < 1.29 is 9.18 Å². The molecule has 1 amide bonds. The second-order valence-corrected chi connectivity index (χ2v) is 6.25. The normalized spacial score (nSPS) is 12.1. The van der Waals surface area contributed by atoms with Crippen molar-refractivity contribution in [3.05, 3.63) is 79.6 Å². The molecule has 8 heteroatoms. The lowest BCUT2D eigenvalue weighted by molar-refractivity contribution is -0.122. The third kappa shape index (κ3) is 3.52. The van der Waals surface area contributed by atoms with Crippen molar-refractivity contribution in [3.63, 3.8) is 0 Å². The van der Waals surface area contributed by atoms with Gasteiger partial charge in [0.15, 0.2) is 0 Å². The summed E-state index contributed by atoms with van der Waals surface area (Å²) in [5.41, 5.74) is -0.303. The summed E-state index contributed by atoms with van der Waals surface area (Å²) in [6.45, 7) is 1.35. The van der Waals surface area contributed by atoms with Crippen LogP contribution in [0.1, 0.15) is 18.5 Å². The van der Waals surface area contributed by atoms with Crippen molar-refractivity contribution in [2.75, 3.05) is 0 Å². The number of aromatic amines is 1. The molecule has 3 rings (SSSR count). The van der Waals surface area contributed by atoms with Crippen molar-refractivity contribution in [1.29, 1.82) is 0 Å². The van der Waals surface area contributed by atoms with Crippen LogP contribution in [0, 0.1) is 5.82 Å². The Morgan fingerprint density at radius 2 is 1.92 bits per heavy atom. The van der Waals surface area contributed by atoms with Gasteiger partial charge in [-0.1, -0.05) is 29.8 Å². The first-order valence-corrected chi connectivity index (χ1v) is 8.21. The molecule has 3 aromatic rings. The maximum atomic E-state index is 13.2. The highest BCUT2D eigenvalue weighted by Crippen LogP contribution is 2.20. The van der Waals surface area contributed by atoms with E-state index in [2.05, 4.69) is 10.4 Å². The summed E-state index contributed by atoms with van der Waals surface area (Å²) in [5, 5.41) is 5.54. The van der Waals surface area contributed by atoms with Crippen LogP contribution in [-0.2, 0) is 11.3 Å². The number of fused-ring (bicyclic) bond motifs is 1. The first kappa shape index (κ1) is 17.9. The Kier molecular flexibility index (Phi) is 4.90. The molecular formula is C18H15ClFN3O3. The fourth-order valence-corrected chi connectivity index (χ4v) is 2.84. The van der Waals surface area contributed by atoms with Crippen molar-refractivity contribution in [3.8, 4) is 0 Å². The molecule has 0 saturated heterocycles. The summed E-state index contributed by atoms with van der Waals surface area (Å²) in [6, 6.07) is 10.1. The van der Waals surface area contributed by atoms with Crippen LogP contribution in [0.2, 0.25) is 5.02 Å². The molecule has 1 atom stereocenters. The van der Waals surface area contributed by atoms with Gasteiger partial charge in [0.05, 0.1) is 21.8 Å². The molecule has 0 aliphatic heterocycles. The zero-order chi connectivity index (χ0) is 18.8. The highest BCUT2D eigenvalue weighted by atomic mass is 35.5. The third-order valence-electron chi connectivity index (χ3n) is 4.01. The van der Waals surface area contributed by atoms with Gasteiger partial charge in [0.2, 0.25) is 5.91 Å². The van der Waals surface area contributed by atoms with Gasteiger partial charge < -0.3 is 5.32 Å². The Balaban J connectivity index is 1.81. The number of hydrogen-bond acceptors (Lipinski definition) is 3. The van der Waals surface area contributed by atoms with Crippen molar-refractivity contribution >= 4 is 28.3 Å². The Bertz CT molecular complexity index is 1110. The van der Waals surface area contributed by atoms with E-state index in [1.54, 1.807) is 25.1 Å². The maximum absolute atomic E-state index is 13.2. The summed E-state index contributed by atoms with van der Waals surface area (Å²) in [6.07, 6.45) is 0. The summed E-state index contributed by atoms with van der Waals surface area (Å²) in [5.74, 6) is -1.03. The molecule has 0 bridgehead atoms. The Morgan fingerprint density at radius 1 is 1.23 bits per heavy atom. The summed E-state index contributed by atoms with van der Waals surface area (Å²) in [4.78, 5) is 36.7. The number of nitrogens with zero attached hydrogens (tertiary/aromatic N) is 1. The monoisotopic (exact) mass is 375 g/mol. The minimum Gasteiger partial charge on any atom is -0.348 e. The molecule has 26 heavy (non-hydrogen) atoms. The number of rotatable bonds is 4. The lowest BCUT2D eigenvalue weighted by atomic mass is 10.1. The molecular weight excluding hydrogens is 361 g/mol. The summed E-state index contributed by atoms with van der Waals surface area (Å²) >= 11 is 5.75. The van der Waals surface area contributed by atoms with E-state index in [1.807, 2.05) is 0 Å². The number of aromatic nitrogens is 2. The van der Waals surface area contributed by atoms with E-state index < -0.39 is 28.9 Å². The number of amides is 1. The minimum atomic E-state index is -0.547. The standard InChI is InChI=1S/C18H15ClFN3O3/c1-10(11-6-7-15(20)14(19)8-11)21-16(24)9-23-18(26)13-5-3-2-4-12(13)17(25)22-23/h2-8,10H,9H2,1H3,(H,21,24)(H,22,25). The minimum absolute atomic E-state index is 0.0429. The van der Waals surface area contributed by atoms with Crippen molar-refractivity contribution in [1.82, 2.24) is 15.1 Å². The summed E-state index contributed by atoms with van der Waals surface area (Å²) < 4.78 is 14.2. The van der Waals surface area contributed by atoms with E-state index in [1.165, 1.54) is 24.3 Å². The quantitative estimate of drug-likeness (QED) is 0.734. The van der Waals surface area contributed by atoms with Gasteiger partial charge in [0, 0.05) is 0 Å². The molecule has 0 spiro atoms. The van der Waals surface area contributed by atoms with Crippen molar-refractivity contribution in [2.45, 2.75) is 19.5 Å². The van der Waals surface area contributed by atoms with Crippen LogP contribution in [0.4, 0.5) is 4.39 Å². The van der Waals surface area contributed by atoms with Crippen LogP contribution < -0.4 is 16.4 Å². The molecule has 0 aliphatic rings. The highest BCUT2D eigenvalue weighted by molar-refractivity contribution is 6.30. The predicted molar refractivity (Wildman–Crippen MR) is 96.8 cm³/mol. The summed E-state index contributed by atoms with van der Waals surface area (Å²) in [7, 11) is 0. The number of halogens is 2. The lowest BCUT2D eigenvalue weighted by Crippen LogP contribution is -2.37. The molecule has 6 nitrogen and oxygen atoms in total. The SMILES string of the molecule is CC(NC(=O)Cn1[nH]c(=O)c2ccccc2c1=O)c1ccc(F)c(Cl)c1. The first-order chi connectivity index (χ1) is 12.4. The maximum Gasteiger partial charge on any atom is 0.273 e. The number of benzene rings is 2. The van der Waals surface area contributed by atoms with Gasteiger partial charge in [0.1, 0.15) is 12.4 Å². The molecule has 2 aromatic carbocycles. The van der Waals surface area contributed by atoms with Gasteiger partial charge >= 0.3 is 0 Å². The van der Waals surface area contributed by atoms with Gasteiger partial charge in [-0.15, -0.1) is 0 Å². The first-order valence-electron chi connectivity index (χ1n) is 7.83. The molecule has 0 saturated carbocycles. The highest BCUT2D eigenvalue weighted by Gasteiger charge is 2.14. The topological polar surface area (TPSA) is 84.0 Å². The second kappa shape index (κ2) is 7.13. The van der Waals surface area contributed by atoms with Crippen LogP contribution in [0.25, 0.3) is 10.8 Å². The van der Waals surface area contributed by atoms with Gasteiger partial charge in [-0.2, -0.15) is 0 Å². The average molecular weight is 376 g/mol. The molecule has 1 heterocycles. The number of nitrogens with one attached hydrogen (secondary N) is 2. The Hall–Kier alpha value is -2.93. The van der Waals surface area contributed by atoms with Gasteiger partial charge in [0.25, 0.3) is 11.1 Å². The van der Waals surface area contributed by atoms with E-state index in [0.29, 0.717) is 5.56 Å². The molecule has 0 fully saturated rings. The van der Waals surface area contributed by atoms with Crippen LogP contribution in [0.5, 0.6) is 0 Å². The molecule has 0 radical (unpaired) electrons. The number of carbonyl (C=O) groups excluding carboxylic acids is 1. The van der Waals surface area contributed by atoms with Gasteiger partial charge in [-0.3, -0.25) is 19.5 Å². The van der Waals surface area contributed by atoms with Crippen molar-refractivity contribution in [2.24, 2.45) is 0 Å². The number of carbonyl (C=O) groups is 1. The number of H-pyrrole nitrogens is 1. The molecule has 1 aromatic heterocycles. The zero-order valence-electron chi connectivity index (χ0n) is 13.8. The zero-order valence-corrected chi connectivity index (χ0v) is 14.5. The molecule has 1 unspecified atom stereocenters. The molecule has 0 aliphatic carbocycles. The largest absolute Gasteiger partial charge is 0.348 e. The van der Waals surface area contributed by atoms with E-state index in [9.17, 15) is 18.8 Å². The fourth-order valence-electron chi connectivity index (χ4n) is 2.65. The smallest absolute Gasteiger partial charge is 0.273 e. The Labute approximate surface area is 152 Å². The predicted octanol–water partition coefficient (Wildman–Crippen LogP) is 2.36. The molecule has 134 valence electrons. The Morgan fingerprint density at radius 3 is 2.62 bits per heavy atom. The molecule has 2 N–H and O–H groups in total. The van der Waals surface area contributed by atoms with E-state index >= 15 is 0 Å². The average Bonchev–Trinajstić information content (AvgIpc) is 2.61.